The Morgan fingerprint density at radius 3 is 0.297 bits per heavy atom. The molecule has 0 aromatic heterocycles. The van der Waals surface area contributed by atoms with Crippen LogP contribution in [0.3, 0.4) is 0 Å². The predicted octanol–water partition coefficient (Wildman–Crippen LogP) is -6.21. The molecule has 0 aliphatic carbocycles. The fourth-order valence-electron chi connectivity index (χ4n) is 4.43. The quantitative estimate of drug-likeness (QED) is 0.0291. The van der Waals surface area contributed by atoms with Gasteiger partial charge < -0.3 is 61.3 Å². The number of carbonyl (C=O) groups is 12. The third-order valence-electron chi connectivity index (χ3n) is 6.50. The topological polar surface area (TPSA) is 467 Å². The van der Waals surface area contributed by atoms with E-state index in [1.54, 1.807) is 0 Å². The number of nitrogens with zero attached hydrogens (tertiary/aromatic N) is 6. The van der Waals surface area contributed by atoms with Crippen LogP contribution in [0.15, 0.2) is 0 Å². The van der Waals surface area contributed by atoms with Gasteiger partial charge >= 0.3 is 71.6 Å². The minimum atomic E-state index is -1.23. The maximum absolute atomic E-state index is 10.6. The van der Waals surface area contributed by atoms with Crippen molar-refractivity contribution in [3.63, 3.8) is 0 Å². The van der Waals surface area contributed by atoms with Gasteiger partial charge in [-0.25, -0.2) is 0 Å². The Hall–Kier alpha value is -0.522. The molecule has 0 aliphatic heterocycles. The van der Waals surface area contributed by atoms with Gasteiger partial charge in [-0.2, -0.15) is 0 Å². The molecular weight excluding hydrogens is 1520 g/mol. The molecule has 0 aromatic carbocycles. The second-order valence-electron chi connectivity index (χ2n) is 12.0. The summed E-state index contributed by atoms with van der Waals surface area (Å²) in [7, 11) is 0. The summed E-state index contributed by atoms with van der Waals surface area (Å²) >= 11 is 0. The zero-order valence-electron chi connectivity index (χ0n) is 32.7. The summed E-state index contributed by atoms with van der Waals surface area (Å²) in [5.74, 6) is -14.7. The molecule has 0 heterocycles. The van der Waals surface area contributed by atoms with Crippen molar-refractivity contribution in [1.82, 2.24) is 29.4 Å². The molecule has 0 bridgehead atoms. The SMILES string of the molecule is O=C(O)CN(CCN(CC(=O)O)CC(=O)O)CC(=O)O.O=C(O)CN(CCN(CC(=O)O)CC(=O)O)CC(=O)O.O=C(O)CN(CCN(CC(=O)O)CC(=O)O)CC(=O)O.[Yb].[Yb].[Yb].[Yb]. The summed E-state index contributed by atoms with van der Waals surface area (Å²) in [6.07, 6.45) is 0. The Kier molecular flexibility index (Phi) is 56.1. The van der Waals surface area contributed by atoms with Crippen molar-refractivity contribution >= 4 is 71.6 Å². The van der Waals surface area contributed by atoms with Crippen LogP contribution in [0, 0.1) is 188 Å². The number of hydrogen-bond donors (Lipinski definition) is 12. The first-order chi connectivity index (χ1) is 27.6. The van der Waals surface area contributed by atoms with E-state index in [0.717, 1.165) is 29.4 Å². The van der Waals surface area contributed by atoms with Gasteiger partial charge in [0.1, 0.15) is 0 Å². The standard InChI is InChI=1S/3C10H16N2O8.4Yb/c3*13-7(14)3-11(4-8(15)16)1-2-12(5-9(17)18)6-10(19)20;;;;/h3*1-6H2,(H,13,14)(H,15,16)(H,17,18)(H,19,20);;;;. The van der Waals surface area contributed by atoms with Crippen molar-refractivity contribution in [3.05, 3.63) is 0 Å². The molecule has 0 saturated carbocycles. The number of hydrogen-bond acceptors (Lipinski definition) is 18. The molecular formula is C30H48N6O24Yb4. The smallest absolute Gasteiger partial charge is 0.317 e. The number of aliphatic carboxylic acids is 12. The Bertz CT molecular complexity index is 1140. The van der Waals surface area contributed by atoms with Gasteiger partial charge in [-0.3, -0.25) is 86.9 Å². The van der Waals surface area contributed by atoms with Gasteiger partial charge in [0.05, 0.1) is 78.5 Å². The van der Waals surface area contributed by atoms with Crippen molar-refractivity contribution in [2.45, 2.75) is 0 Å². The summed E-state index contributed by atoms with van der Waals surface area (Å²) in [5.41, 5.74) is 0. The molecule has 0 fully saturated rings. The fraction of sp³-hybridized carbons (Fsp3) is 0.600. The largest absolute Gasteiger partial charge is 0.480 e. The molecule has 0 radical (unpaired) electrons. The predicted molar refractivity (Wildman–Crippen MR) is 190 cm³/mol. The van der Waals surface area contributed by atoms with Crippen LogP contribution in [-0.2, 0) is 57.5 Å². The summed E-state index contributed by atoms with van der Waals surface area (Å²) < 4.78 is 0. The summed E-state index contributed by atoms with van der Waals surface area (Å²) in [6.45, 7) is -6.75. The molecule has 398 valence electrons. The second-order valence-corrected chi connectivity index (χ2v) is 12.0. The minimum absolute atomic E-state index is 0. The van der Waals surface area contributed by atoms with Crippen molar-refractivity contribution < 1.29 is 307 Å². The average molecular weight is 1570 g/mol. The van der Waals surface area contributed by atoms with Crippen molar-refractivity contribution in [1.29, 1.82) is 0 Å². The van der Waals surface area contributed by atoms with Gasteiger partial charge in [-0.05, 0) is 0 Å². The average Bonchev–Trinajstić information content (AvgIpc) is 3.02. The third kappa shape index (κ3) is 57.6. The molecule has 0 aromatic rings. The third-order valence-corrected chi connectivity index (χ3v) is 6.50. The molecule has 0 atom stereocenters. The second kappa shape index (κ2) is 46.2. The number of carboxylic acid groups (broad SMARTS) is 12. The maximum atomic E-state index is 10.6. The van der Waals surface area contributed by atoms with E-state index < -0.39 is 150 Å². The van der Waals surface area contributed by atoms with E-state index in [9.17, 15) is 57.5 Å². The van der Waals surface area contributed by atoms with Crippen LogP contribution in [-0.4, -0.2) is 280 Å². The van der Waals surface area contributed by atoms with E-state index >= 15 is 0 Å². The van der Waals surface area contributed by atoms with Gasteiger partial charge in [-0.1, -0.05) is 0 Å². The first-order valence-electron chi connectivity index (χ1n) is 16.6. The van der Waals surface area contributed by atoms with E-state index in [0.29, 0.717) is 0 Å². The van der Waals surface area contributed by atoms with Crippen LogP contribution in [0.5, 0.6) is 0 Å². The first-order valence-corrected chi connectivity index (χ1v) is 16.6. The Morgan fingerprint density at radius 2 is 0.250 bits per heavy atom. The first kappa shape index (κ1) is 77.7. The van der Waals surface area contributed by atoms with Gasteiger partial charge in [0, 0.05) is 227 Å². The van der Waals surface area contributed by atoms with Crippen LogP contribution in [0.25, 0.3) is 0 Å². The molecule has 30 nitrogen and oxygen atoms in total. The molecule has 0 rings (SSSR count). The Morgan fingerprint density at radius 1 is 0.188 bits per heavy atom. The molecule has 64 heavy (non-hydrogen) atoms. The zero-order chi connectivity index (χ0) is 47.1. The summed E-state index contributed by atoms with van der Waals surface area (Å²) in [5, 5.41) is 103. The maximum Gasteiger partial charge on any atom is 0.317 e. The molecule has 0 spiro atoms. The van der Waals surface area contributed by atoms with Crippen molar-refractivity contribution in [2.24, 2.45) is 0 Å². The van der Waals surface area contributed by atoms with Gasteiger partial charge in [-0.15, -0.1) is 0 Å². The van der Waals surface area contributed by atoms with E-state index in [2.05, 4.69) is 0 Å². The zero-order valence-corrected chi connectivity index (χ0v) is 39.6. The van der Waals surface area contributed by atoms with Gasteiger partial charge in [0.25, 0.3) is 0 Å². The minimum Gasteiger partial charge on any atom is -0.480 e. The Labute approximate surface area is 516 Å². The normalized spacial score (nSPS) is 10.0. The van der Waals surface area contributed by atoms with Crippen LogP contribution < -0.4 is 0 Å². The molecule has 0 saturated heterocycles. The molecule has 0 amide bonds. The van der Waals surface area contributed by atoms with Gasteiger partial charge in [0.15, 0.2) is 0 Å². The molecule has 34 heteroatoms. The van der Waals surface area contributed by atoms with Crippen molar-refractivity contribution in [2.75, 3.05) is 118 Å². The van der Waals surface area contributed by atoms with Crippen LogP contribution in [0.2, 0.25) is 0 Å². The number of carboxylic acids is 12. The summed E-state index contributed by atoms with van der Waals surface area (Å²) in [4.78, 5) is 133. The molecule has 0 aliphatic rings. The van der Waals surface area contributed by atoms with Gasteiger partial charge in [0.2, 0.25) is 0 Å². The molecule has 12 N–H and O–H groups in total. The monoisotopic (exact) mass is 1570 g/mol. The number of rotatable bonds is 33. The van der Waals surface area contributed by atoms with E-state index in [1.807, 2.05) is 0 Å². The van der Waals surface area contributed by atoms with E-state index in [4.69, 9.17) is 61.3 Å². The van der Waals surface area contributed by atoms with Crippen molar-refractivity contribution in [3.8, 4) is 0 Å². The molecule has 0 unspecified atom stereocenters. The van der Waals surface area contributed by atoms with Crippen LogP contribution in [0.1, 0.15) is 0 Å². The van der Waals surface area contributed by atoms with Crippen LogP contribution in [0.4, 0.5) is 0 Å². The Balaban J connectivity index is -0.000000148. The van der Waals surface area contributed by atoms with E-state index in [1.165, 1.54) is 0 Å². The van der Waals surface area contributed by atoms with E-state index in [-0.39, 0.29) is 227 Å². The van der Waals surface area contributed by atoms with Crippen LogP contribution >= 0.6 is 0 Å². The summed E-state index contributed by atoms with van der Waals surface area (Å²) in [6, 6.07) is 0. The fourth-order valence-corrected chi connectivity index (χ4v) is 4.43.